The molecule has 5 nitrogen and oxygen atoms in total. The first-order valence-corrected chi connectivity index (χ1v) is 7.13. The molecule has 0 aliphatic rings. The largest absolute Gasteiger partial charge is 0.369 e. The topological polar surface area (TPSA) is 94.3 Å². The fraction of sp³-hybridized carbons (Fsp3) is 0.273. The van der Waals surface area contributed by atoms with Crippen LogP contribution in [0.15, 0.2) is 24.3 Å². The van der Waals surface area contributed by atoms with Gasteiger partial charge >= 0.3 is 0 Å². The highest BCUT2D eigenvalue weighted by Gasteiger charge is 2.30. The molecular weight excluding hydrogens is 278 g/mol. The predicted molar refractivity (Wildman–Crippen MR) is 68.2 cm³/mol. The Balaban J connectivity index is 3.01. The van der Waals surface area contributed by atoms with Crippen LogP contribution in [0.5, 0.6) is 0 Å². The molecule has 0 heterocycles. The van der Waals surface area contributed by atoms with Gasteiger partial charge in [0, 0.05) is 10.6 Å². The van der Waals surface area contributed by atoms with Crippen molar-refractivity contribution in [2.45, 2.75) is 12.2 Å². The number of sulfone groups is 1. The molecule has 0 radical (unpaired) electrons. The van der Waals surface area contributed by atoms with E-state index in [4.69, 9.17) is 17.3 Å². The van der Waals surface area contributed by atoms with E-state index in [9.17, 15) is 18.0 Å². The first-order chi connectivity index (χ1) is 8.24. The number of carbonyl (C=O) groups is 2. The molecule has 1 aromatic carbocycles. The third-order valence-corrected chi connectivity index (χ3v) is 4.57. The van der Waals surface area contributed by atoms with Crippen LogP contribution < -0.4 is 5.73 Å². The molecule has 1 unspecified atom stereocenters. The third kappa shape index (κ3) is 3.54. The highest BCUT2D eigenvalue weighted by Crippen LogP contribution is 2.15. The molecule has 0 aromatic heterocycles. The van der Waals surface area contributed by atoms with Gasteiger partial charge in [-0.1, -0.05) is 23.7 Å². The van der Waals surface area contributed by atoms with Gasteiger partial charge in [0.15, 0.2) is 15.6 Å². The first kappa shape index (κ1) is 14.7. The van der Waals surface area contributed by atoms with E-state index in [-0.39, 0.29) is 5.56 Å². The monoisotopic (exact) mass is 289 g/mol. The van der Waals surface area contributed by atoms with Crippen molar-refractivity contribution in [3.63, 3.8) is 0 Å². The van der Waals surface area contributed by atoms with Gasteiger partial charge in [0.05, 0.1) is 0 Å². The molecule has 2 N–H and O–H groups in total. The summed E-state index contributed by atoms with van der Waals surface area (Å²) < 4.78 is 23.4. The summed E-state index contributed by atoms with van der Waals surface area (Å²) >= 11 is 5.72. The summed E-state index contributed by atoms with van der Waals surface area (Å²) in [4.78, 5) is 22.6. The van der Waals surface area contributed by atoms with Crippen molar-refractivity contribution >= 4 is 33.1 Å². The molecule has 1 atom stereocenters. The van der Waals surface area contributed by atoms with Crippen LogP contribution in [0.4, 0.5) is 0 Å². The van der Waals surface area contributed by atoms with Crippen molar-refractivity contribution in [2.75, 3.05) is 5.75 Å². The molecule has 98 valence electrons. The number of halogens is 1. The lowest BCUT2D eigenvalue weighted by molar-refractivity contribution is -0.115. The summed E-state index contributed by atoms with van der Waals surface area (Å²) in [5.74, 6) is -2.44. The standard InChI is InChI=1S/C11H12ClNO4S/c1-7(18(16,17)6-10(13)14)11(15)8-3-2-4-9(12)5-8/h2-5,7H,6H2,1H3,(H2,13,14). The van der Waals surface area contributed by atoms with Crippen LogP contribution in [-0.4, -0.2) is 31.1 Å². The number of amides is 1. The molecule has 18 heavy (non-hydrogen) atoms. The van der Waals surface area contributed by atoms with Crippen molar-refractivity contribution < 1.29 is 18.0 Å². The zero-order valence-electron chi connectivity index (χ0n) is 9.59. The molecule has 0 fully saturated rings. The zero-order chi connectivity index (χ0) is 13.9. The Kier molecular flexibility index (Phi) is 4.48. The molecule has 1 amide bonds. The van der Waals surface area contributed by atoms with Crippen LogP contribution in [0.2, 0.25) is 5.02 Å². The number of ketones is 1. The number of carbonyl (C=O) groups excluding carboxylic acids is 2. The quantitative estimate of drug-likeness (QED) is 0.812. The van der Waals surface area contributed by atoms with E-state index >= 15 is 0 Å². The van der Waals surface area contributed by atoms with Crippen molar-refractivity contribution in [1.29, 1.82) is 0 Å². The van der Waals surface area contributed by atoms with Gasteiger partial charge in [-0.15, -0.1) is 0 Å². The van der Waals surface area contributed by atoms with Crippen molar-refractivity contribution in [3.8, 4) is 0 Å². The lowest BCUT2D eigenvalue weighted by Gasteiger charge is -2.10. The van der Waals surface area contributed by atoms with Gasteiger partial charge in [0.1, 0.15) is 11.0 Å². The lowest BCUT2D eigenvalue weighted by atomic mass is 10.1. The Bertz CT molecular complexity index is 582. The van der Waals surface area contributed by atoms with Crippen molar-refractivity contribution in [1.82, 2.24) is 0 Å². The fourth-order valence-corrected chi connectivity index (χ4v) is 2.66. The van der Waals surface area contributed by atoms with Gasteiger partial charge in [0.25, 0.3) is 0 Å². The molecular formula is C11H12ClNO4S. The SMILES string of the molecule is CC(C(=O)c1cccc(Cl)c1)S(=O)(=O)CC(N)=O. The van der Waals surface area contributed by atoms with Crippen LogP contribution in [0.1, 0.15) is 17.3 Å². The van der Waals surface area contributed by atoms with Gasteiger partial charge < -0.3 is 5.73 Å². The van der Waals surface area contributed by atoms with Crippen LogP contribution >= 0.6 is 11.6 Å². The maximum Gasteiger partial charge on any atom is 0.232 e. The molecule has 0 saturated heterocycles. The van der Waals surface area contributed by atoms with E-state index in [0.29, 0.717) is 5.02 Å². The Hall–Kier alpha value is -1.40. The maximum atomic E-state index is 11.9. The lowest BCUT2D eigenvalue weighted by Crippen LogP contribution is -2.34. The molecule has 0 saturated carbocycles. The molecule has 1 aromatic rings. The van der Waals surface area contributed by atoms with Gasteiger partial charge in [-0.25, -0.2) is 8.42 Å². The summed E-state index contributed by atoms with van der Waals surface area (Å²) in [6, 6.07) is 5.95. The van der Waals surface area contributed by atoms with E-state index in [0.717, 1.165) is 0 Å². The predicted octanol–water partition coefficient (Wildman–Crippen LogP) is 0.811. The Labute approximate surface area is 110 Å². The molecule has 7 heteroatoms. The van der Waals surface area contributed by atoms with Gasteiger partial charge in [-0.3, -0.25) is 9.59 Å². The minimum Gasteiger partial charge on any atom is -0.369 e. The smallest absolute Gasteiger partial charge is 0.232 e. The van der Waals surface area contributed by atoms with Crippen LogP contribution in [0.25, 0.3) is 0 Å². The second kappa shape index (κ2) is 5.49. The molecule has 0 spiro atoms. The maximum absolute atomic E-state index is 11.9. The Morgan fingerprint density at radius 3 is 2.50 bits per heavy atom. The van der Waals surface area contributed by atoms with E-state index in [2.05, 4.69) is 0 Å². The van der Waals surface area contributed by atoms with Gasteiger partial charge in [0.2, 0.25) is 5.91 Å². The third-order valence-electron chi connectivity index (χ3n) is 2.36. The highest BCUT2D eigenvalue weighted by atomic mass is 35.5. The van der Waals surface area contributed by atoms with Crippen LogP contribution in [0.3, 0.4) is 0 Å². The minimum atomic E-state index is -3.89. The number of Topliss-reactive ketones (excluding diaryl/α,β-unsaturated/α-hetero) is 1. The van der Waals surface area contributed by atoms with E-state index in [1.807, 2.05) is 0 Å². The number of primary amides is 1. The average molecular weight is 290 g/mol. The molecule has 0 aliphatic carbocycles. The summed E-state index contributed by atoms with van der Waals surface area (Å²) in [6.07, 6.45) is 0. The van der Waals surface area contributed by atoms with Crippen molar-refractivity contribution in [3.05, 3.63) is 34.9 Å². The minimum absolute atomic E-state index is 0.183. The Morgan fingerprint density at radius 2 is 2.00 bits per heavy atom. The number of hydrogen-bond donors (Lipinski definition) is 1. The van der Waals surface area contributed by atoms with E-state index < -0.39 is 32.5 Å². The van der Waals surface area contributed by atoms with E-state index in [1.54, 1.807) is 12.1 Å². The highest BCUT2D eigenvalue weighted by molar-refractivity contribution is 7.93. The summed E-state index contributed by atoms with van der Waals surface area (Å²) in [5.41, 5.74) is 5.01. The van der Waals surface area contributed by atoms with E-state index in [1.165, 1.54) is 19.1 Å². The second-order valence-electron chi connectivity index (χ2n) is 3.79. The van der Waals surface area contributed by atoms with Crippen LogP contribution in [-0.2, 0) is 14.6 Å². The Morgan fingerprint density at radius 1 is 1.39 bits per heavy atom. The van der Waals surface area contributed by atoms with Gasteiger partial charge in [-0.05, 0) is 19.1 Å². The molecule has 0 bridgehead atoms. The molecule has 0 aliphatic heterocycles. The summed E-state index contributed by atoms with van der Waals surface area (Å²) in [5, 5.41) is -0.996. The summed E-state index contributed by atoms with van der Waals surface area (Å²) in [7, 11) is -3.89. The normalized spacial score (nSPS) is 13.0. The van der Waals surface area contributed by atoms with Gasteiger partial charge in [-0.2, -0.15) is 0 Å². The fourth-order valence-electron chi connectivity index (χ4n) is 1.36. The average Bonchev–Trinajstić information content (AvgIpc) is 2.25. The van der Waals surface area contributed by atoms with Crippen molar-refractivity contribution in [2.24, 2.45) is 5.73 Å². The zero-order valence-corrected chi connectivity index (χ0v) is 11.2. The first-order valence-electron chi connectivity index (χ1n) is 5.03. The second-order valence-corrected chi connectivity index (χ2v) is 6.55. The number of benzene rings is 1. The number of nitrogens with two attached hydrogens (primary N) is 1. The number of hydrogen-bond acceptors (Lipinski definition) is 4. The summed E-state index contributed by atoms with van der Waals surface area (Å²) in [6.45, 7) is 1.22. The number of rotatable bonds is 5. The molecule has 1 rings (SSSR count). The van der Waals surface area contributed by atoms with Crippen LogP contribution in [0, 0.1) is 0 Å².